The summed E-state index contributed by atoms with van der Waals surface area (Å²) in [6.45, 7) is 5.79. The lowest BCUT2D eigenvalue weighted by molar-refractivity contribution is -0.110. The molecule has 1 aromatic rings. The number of hydrogen-bond donors (Lipinski definition) is 1. The number of allylic oxidation sites excluding steroid dienone is 5. The van der Waals surface area contributed by atoms with Crippen LogP contribution in [0.1, 0.15) is 44.6 Å². The van der Waals surface area contributed by atoms with Crippen LogP contribution >= 0.6 is 11.8 Å². The number of aliphatic imine (C=N–C) groups is 2. The van der Waals surface area contributed by atoms with Crippen LogP contribution < -0.4 is 0 Å². The van der Waals surface area contributed by atoms with Gasteiger partial charge in [0.05, 0.1) is 18.2 Å². The zero-order chi connectivity index (χ0) is 21.8. The van der Waals surface area contributed by atoms with Crippen LogP contribution in [0.15, 0.2) is 51.7 Å². The van der Waals surface area contributed by atoms with Crippen LogP contribution in [0.4, 0.5) is 5.82 Å². The van der Waals surface area contributed by atoms with Crippen molar-refractivity contribution in [2.45, 2.75) is 50.2 Å². The maximum atomic E-state index is 12.4. The van der Waals surface area contributed by atoms with Gasteiger partial charge in [-0.15, -0.1) is 11.8 Å². The summed E-state index contributed by atoms with van der Waals surface area (Å²) in [5.41, 5.74) is 1.65. The average Bonchev–Trinajstić information content (AvgIpc) is 2.73. The third kappa shape index (κ3) is 7.46. The predicted octanol–water partition coefficient (Wildman–Crippen LogP) is 4.63. The molecule has 1 aromatic heterocycles. The average molecular weight is 427 g/mol. The van der Waals surface area contributed by atoms with Crippen LogP contribution in [0.2, 0.25) is 0 Å². The standard InChI is InChI=1S/C23H30N4O2S/c1-4-8-19(28)15-18(13-17-9-7-10-20(29)14-17)21-22(25-12-6-5-11-24-2)26-16-27-23(21)30-3/h4-6,8,12,15-17,20,29H,2,7,9-11,13-14H2,1,3H3/b6-5-,8-4-,18-15+,25-12?. The summed E-state index contributed by atoms with van der Waals surface area (Å²) in [6.07, 6.45) is 17.7. The second-order valence-corrected chi connectivity index (χ2v) is 7.95. The number of carbonyl (C=O) groups is 1. The van der Waals surface area contributed by atoms with Crippen molar-refractivity contribution in [3.8, 4) is 0 Å². The highest BCUT2D eigenvalue weighted by Gasteiger charge is 2.24. The SMILES string of the molecule is C=NC/C=C\C=Nc1ncnc(SC)c1/C(=C/C(=O)/C=C\C)CC1CCCC(O)C1. The Labute approximate surface area is 183 Å². The minimum atomic E-state index is -0.274. The van der Waals surface area contributed by atoms with Crippen molar-refractivity contribution in [1.82, 2.24) is 9.97 Å². The fourth-order valence-corrected chi connectivity index (χ4v) is 4.16. The molecule has 30 heavy (non-hydrogen) atoms. The molecule has 0 radical (unpaired) electrons. The molecule has 0 amide bonds. The quantitative estimate of drug-likeness (QED) is 0.255. The van der Waals surface area contributed by atoms with Crippen molar-refractivity contribution < 1.29 is 9.90 Å². The third-order valence-electron chi connectivity index (χ3n) is 4.87. The van der Waals surface area contributed by atoms with E-state index in [0.29, 0.717) is 24.7 Å². The second-order valence-electron chi connectivity index (χ2n) is 7.16. The first-order valence-corrected chi connectivity index (χ1v) is 11.4. The first-order valence-electron chi connectivity index (χ1n) is 10.1. The number of ketones is 1. The molecular weight excluding hydrogens is 396 g/mol. The van der Waals surface area contributed by atoms with Gasteiger partial charge in [0.15, 0.2) is 11.6 Å². The highest BCUT2D eigenvalue weighted by molar-refractivity contribution is 7.98. The molecule has 1 N–H and O–H groups in total. The summed E-state index contributed by atoms with van der Waals surface area (Å²) < 4.78 is 0. The molecule has 0 bridgehead atoms. The third-order valence-corrected chi connectivity index (χ3v) is 5.57. The fourth-order valence-electron chi connectivity index (χ4n) is 3.58. The summed E-state index contributed by atoms with van der Waals surface area (Å²) in [5, 5.41) is 10.9. The largest absolute Gasteiger partial charge is 0.393 e. The molecule has 1 saturated carbocycles. The lowest BCUT2D eigenvalue weighted by Crippen LogP contribution is -2.20. The Kier molecular flexibility index (Phi) is 10.4. The number of aliphatic hydroxyl groups is 1. The van der Waals surface area contributed by atoms with Crippen LogP contribution in [0.5, 0.6) is 0 Å². The number of aromatic nitrogens is 2. The maximum Gasteiger partial charge on any atom is 0.178 e. The Balaban J connectivity index is 2.46. The van der Waals surface area contributed by atoms with Crippen LogP contribution in [0, 0.1) is 5.92 Å². The molecule has 7 heteroatoms. The van der Waals surface area contributed by atoms with E-state index in [1.54, 1.807) is 30.5 Å². The van der Waals surface area contributed by atoms with Crippen molar-refractivity contribution >= 4 is 41.9 Å². The summed E-state index contributed by atoms with van der Waals surface area (Å²) in [6, 6.07) is 0. The molecule has 1 aliphatic carbocycles. The molecule has 1 fully saturated rings. The number of aliphatic hydroxyl groups excluding tert-OH is 1. The van der Waals surface area contributed by atoms with E-state index < -0.39 is 0 Å². The van der Waals surface area contributed by atoms with Crippen molar-refractivity contribution in [1.29, 1.82) is 0 Å². The number of thioether (sulfide) groups is 1. The predicted molar refractivity (Wildman–Crippen MR) is 126 cm³/mol. The Morgan fingerprint density at radius 3 is 2.93 bits per heavy atom. The molecule has 160 valence electrons. The van der Waals surface area contributed by atoms with Crippen molar-refractivity contribution in [2.24, 2.45) is 15.9 Å². The lowest BCUT2D eigenvalue weighted by atomic mass is 9.82. The molecule has 0 aromatic carbocycles. The van der Waals surface area contributed by atoms with Gasteiger partial charge in [-0.3, -0.25) is 9.79 Å². The number of carbonyl (C=O) groups excluding carboxylic acids is 1. The van der Waals surface area contributed by atoms with E-state index >= 15 is 0 Å². The van der Waals surface area contributed by atoms with E-state index in [-0.39, 0.29) is 11.9 Å². The van der Waals surface area contributed by atoms with Crippen LogP contribution in [0.3, 0.4) is 0 Å². The van der Waals surface area contributed by atoms with Crippen LogP contribution in [-0.2, 0) is 4.79 Å². The van der Waals surface area contributed by atoms with Gasteiger partial charge in [0, 0.05) is 6.21 Å². The Morgan fingerprint density at radius 2 is 2.23 bits per heavy atom. The Morgan fingerprint density at radius 1 is 1.40 bits per heavy atom. The van der Waals surface area contributed by atoms with E-state index in [2.05, 4.69) is 26.7 Å². The Bertz CT molecular complexity index is 846. The Hall–Kier alpha value is -2.38. The highest BCUT2D eigenvalue weighted by Crippen LogP contribution is 2.38. The van der Waals surface area contributed by atoms with E-state index in [1.807, 2.05) is 19.3 Å². The number of hydrogen-bond acceptors (Lipinski definition) is 7. The van der Waals surface area contributed by atoms with Gasteiger partial charge < -0.3 is 5.11 Å². The van der Waals surface area contributed by atoms with Gasteiger partial charge in [0.2, 0.25) is 0 Å². The smallest absolute Gasteiger partial charge is 0.178 e. The van der Waals surface area contributed by atoms with Gasteiger partial charge in [-0.1, -0.05) is 18.6 Å². The van der Waals surface area contributed by atoms with Crippen LogP contribution in [-0.4, -0.2) is 52.7 Å². The summed E-state index contributed by atoms with van der Waals surface area (Å²) in [5.74, 6) is 0.761. The van der Waals surface area contributed by atoms with Gasteiger partial charge >= 0.3 is 0 Å². The van der Waals surface area contributed by atoms with Gasteiger partial charge in [0.25, 0.3) is 0 Å². The van der Waals surface area contributed by atoms with E-state index in [0.717, 1.165) is 41.8 Å². The summed E-state index contributed by atoms with van der Waals surface area (Å²) in [7, 11) is 0. The summed E-state index contributed by atoms with van der Waals surface area (Å²) in [4.78, 5) is 29.5. The lowest BCUT2D eigenvalue weighted by Gasteiger charge is -2.27. The minimum absolute atomic E-state index is 0.0772. The van der Waals surface area contributed by atoms with Gasteiger partial charge in [0.1, 0.15) is 11.4 Å². The minimum Gasteiger partial charge on any atom is -0.393 e. The number of rotatable bonds is 10. The first kappa shape index (κ1) is 23.9. The molecule has 0 saturated heterocycles. The second kappa shape index (κ2) is 13.0. The molecular formula is C23H30N4O2S. The maximum absolute atomic E-state index is 12.4. The molecule has 2 rings (SSSR count). The molecule has 2 unspecified atom stereocenters. The highest BCUT2D eigenvalue weighted by atomic mass is 32.2. The molecule has 2 atom stereocenters. The van der Waals surface area contributed by atoms with E-state index in [1.165, 1.54) is 18.1 Å². The fraction of sp³-hybridized carbons (Fsp3) is 0.435. The normalized spacial score (nSPS) is 20.4. The van der Waals surface area contributed by atoms with Crippen LogP contribution in [0.25, 0.3) is 5.57 Å². The van der Waals surface area contributed by atoms with Gasteiger partial charge in [-0.05, 0) is 75.3 Å². The van der Waals surface area contributed by atoms with Gasteiger partial charge in [-0.2, -0.15) is 0 Å². The van der Waals surface area contributed by atoms with E-state index in [4.69, 9.17) is 0 Å². The molecule has 0 spiro atoms. The monoisotopic (exact) mass is 426 g/mol. The van der Waals surface area contributed by atoms with Gasteiger partial charge in [-0.25, -0.2) is 15.0 Å². The van der Waals surface area contributed by atoms with Crippen molar-refractivity contribution in [2.75, 3.05) is 12.8 Å². The molecule has 6 nitrogen and oxygen atoms in total. The number of nitrogens with zero attached hydrogens (tertiary/aromatic N) is 4. The molecule has 1 heterocycles. The zero-order valence-electron chi connectivity index (χ0n) is 17.7. The molecule has 0 aliphatic heterocycles. The first-order chi connectivity index (χ1) is 14.6. The van der Waals surface area contributed by atoms with E-state index in [9.17, 15) is 9.90 Å². The zero-order valence-corrected chi connectivity index (χ0v) is 18.5. The van der Waals surface area contributed by atoms with Crippen molar-refractivity contribution in [3.05, 3.63) is 42.3 Å². The molecule has 1 aliphatic rings. The summed E-state index contributed by atoms with van der Waals surface area (Å²) >= 11 is 1.50. The van der Waals surface area contributed by atoms with Crippen molar-refractivity contribution in [3.63, 3.8) is 0 Å². The topological polar surface area (TPSA) is 87.8 Å².